The van der Waals surface area contributed by atoms with Crippen molar-refractivity contribution in [2.45, 2.75) is 31.2 Å². The van der Waals surface area contributed by atoms with E-state index in [1.165, 1.54) is 11.1 Å². The summed E-state index contributed by atoms with van der Waals surface area (Å²) < 4.78 is 0. The minimum atomic E-state index is -0.627. The quantitative estimate of drug-likeness (QED) is 0.883. The minimum absolute atomic E-state index is 0.104. The molecular weight excluding hydrogens is 350 g/mol. The summed E-state index contributed by atoms with van der Waals surface area (Å²) >= 11 is 0. The molecule has 2 aliphatic heterocycles. The molecule has 5 heteroatoms. The zero-order valence-corrected chi connectivity index (χ0v) is 16.7. The maximum Gasteiger partial charge on any atom is 0.236 e. The number of benzene rings is 2. The Morgan fingerprint density at radius 2 is 1.68 bits per heavy atom. The second kappa shape index (κ2) is 7.66. The van der Waals surface area contributed by atoms with Gasteiger partial charge in [-0.2, -0.15) is 0 Å². The van der Waals surface area contributed by atoms with Gasteiger partial charge in [0.2, 0.25) is 5.91 Å². The fourth-order valence-corrected chi connectivity index (χ4v) is 4.80. The monoisotopic (exact) mass is 379 g/mol. The zero-order chi connectivity index (χ0) is 19.7. The second-order valence-electron chi connectivity index (χ2n) is 8.20. The number of carbonyl (C=O) groups is 1. The topological polar surface area (TPSA) is 47.0 Å². The highest BCUT2D eigenvalue weighted by molar-refractivity contribution is 5.78. The van der Waals surface area contributed by atoms with Crippen LogP contribution in [0.4, 0.5) is 0 Å². The molecule has 2 aromatic carbocycles. The van der Waals surface area contributed by atoms with Crippen LogP contribution in [0.25, 0.3) is 0 Å². The maximum atomic E-state index is 12.9. The summed E-state index contributed by atoms with van der Waals surface area (Å²) in [5.74, 6) is 0.104. The molecule has 1 N–H and O–H groups in total. The van der Waals surface area contributed by atoms with Gasteiger partial charge in [-0.3, -0.25) is 14.6 Å². The van der Waals surface area contributed by atoms with Gasteiger partial charge in [0.25, 0.3) is 0 Å². The Hall–Kier alpha value is -2.21. The van der Waals surface area contributed by atoms with Crippen molar-refractivity contribution in [2.75, 3.05) is 33.7 Å². The lowest BCUT2D eigenvalue weighted by molar-refractivity contribution is -0.142. The number of rotatable bonds is 4. The van der Waals surface area contributed by atoms with Gasteiger partial charge in [-0.25, -0.2) is 0 Å². The summed E-state index contributed by atoms with van der Waals surface area (Å²) in [5.41, 5.74) is 3.27. The van der Waals surface area contributed by atoms with Gasteiger partial charge >= 0.3 is 0 Å². The number of likely N-dealkylation sites (tertiary alicyclic amines) is 1. The molecule has 1 fully saturated rings. The number of likely N-dealkylation sites (N-methyl/N-ethyl adjacent to an activating group) is 1. The van der Waals surface area contributed by atoms with Gasteiger partial charge < -0.3 is 10.0 Å². The van der Waals surface area contributed by atoms with Gasteiger partial charge in [-0.05, 0) is 37.2 Å². The molecule has 0 unspecified atom stereocenters. The predicted octanol–water partition coefficient (Wildman–Crippen LogP) is 2.05. The number of fused-ring (bicyclic) bond motifs is 1. The van der Waals surface area contributed by atoms with Crippen LogP contribution in [0.2, 0.25) is 0 Å². The third-order valence-electron chi connectivity index (χ3n) is 6.40. The van der Waals surface area contributed by atoms with Crippen molar-refractivity contribution in [1.82, 2.24) is 14.7 Å². The first kappa shape index (κ1) is 19.1. The van der Waals surface area contributed by atoms with Crippen LogP contribution >= 0.6 is 0 Å². The molecule has 148 valence electrons. The fourth-order valence-electron chi connectivity index (χ4n) is 4.80. The van der Waals surface area contributed by atoms with E-state index in [0.29, 0.717) is 19.6 Å². The smallest absolute Gasteiger partial charge is 0.236 e. The molecule has 0 bridgehead atoms. The Bertz CT molecular complexity index is 814. The van der Waals surface area contributed by atoms with Crippen LogP contribution in [-0.2, 0) is 23.4 Å². The van der Waals surface area contributed by atoms with Crippen molar-refractivity contribution in [3.8, 4) is 0 Å². The number of hydrogen-bond donors (Lipinski definition) is 1. The first-order valence-electron chi connectivity index (χ1n) is 9.98. The number of hydrogen-bond acceptors (Lipinski definition) is 4. The van der Waals surface area contributed by atoms with Gasteiger partial charge in [0.15, 0.2) is 0 Å². The minimum Gasteiger partial charge on any atom is -0.389 e. The molecule has 5 nitrogen and oxygen atoms in total. The molecule has 0 aromatic heterocycles. The lowest BCUT2D eigenvalue weighted by atomic mass is 9.77. The van der Waals surface area contributed by atoms with E-state index in [2.05, 4.69) is 46.2 Å². The Morgan fingerprint density at radius 1 is 1.07 bits per heavy atom. The predicted molar refractivity (Wildman–Crippen MR) is 110 cm³/mol. The van der Waals surface area contributed by atoms with Crippen molar-refractivity contribution in [3.05, 3.63) is 71.3 Å². The van der Waals surface area contributed by atoms with Crippen LogP contribution in [0.5, 0.6) is 0 Å². The highest BCUT2D eigenvalue weighted by Gasteiger charge is 2.46. The molecule has 0 spiro atoms. The molecule has 1 amide bonds. The second-order valence-corrected chi connectivity index (χ2v) is 8.20. The van der Waals surface area contributed by atoms with Gasteiger partial charge in [0.05, 0.1) is 18.2 Å². The van der Waals surface area contributed by atoms with Crippen LogP contribution in [-0.4, -0.2) is 65.5 Å². The molecule has 1 saturated heterocycles. The van der Waals surface area contributed by atoms with E-state index in [-0.39, 0.29) is 5.91 Å². The molecule has 0 saturated carbocycles. The van der Waals surface area contributed by atoms with E-state index in [1.54, 1.807) is 0 Å². The molecular formula is C23H29N3O2. The van der Waals surface area contributed by atoms with Crippen LogP contribution < -0.4 is 0 Å². The van der Waals surface area contributed by atoms with E-state index < -0.39 is 11.6 Å². The normalized spacial score (nSPS) is 25.1. The Labute approximate surface area is 167 Å². The third-order valence-corrected chi connectivity index (χ3v) is 6.40. The summed E-state index contributed by atoms with van der Waals surface area (Å²) in [6.45, 7) is 3.08. The van der Waals surface area contributed by atoms with E-state index >= 15 is 0 Å². The molecule has 2 aromatic rings. The van der Waals surface area contributed by atoms with Gasteiger partial charge in [0.1, 0.15) is 0 Å². The van der Waals surface area contributed by atoms with E-state index in [9.17, 15) is 9.90 Å². The first-order valence-corrected chi connectivity index (χ1v) is 9.98. The van der Waals surface area contributed by atoms with Crippen molar-refractivity contribution in [1.29, 1.82) is 0 Å². The number of nitrogens with zero attached hydrogens (tertiary/aromatic N) is 3. The summed E-state index contributed by atoms with van der Waals surface area (Å²) in [6, 6.07) is 18.5. The molecule has 2 atom stereocenters. The third kappa shape index (κ3) is 3.34. The molecule has 0 radical (unpaired) electrons. The standard InChI is InChI=1S/C23H29N3O2/c1-24(2)23(20-10-4-3-5-11-20)12-13-26(16-21(23)27)22(28)17-25-14-18-8-6-7-9-19(18)15-25/h3-11,21,27H,12-17H2,1-2H3/t21-,23+/m1/s1. The van der Waals surface area contributed by atoms with Crippen molar-refractivity contribution in [2.24, 2.45) is 0 Å². The SMILES string of the molecule is CN(C)[C@]1(c2ccccc2)CCN(C(=O)CN2Cc3ccccc3C2)C[C@H]1O. The highest BCUT2D eigenvalue weighted by Crippen LogP contribution is 2.37. The van der Waals surface area contributed by atoms with Crippen LogP contribution in [0.3, 0.4) is 0 Å². The van der Waals surface area contributed by atoms with E-state index in [4.69, 9.17) is 0 Å². The van der Waals surface area contributed by atoms with Crippen LogP contribution in [0.15, 0.2) is 54.6 Å². The Morgan fingerprint density at radius 3 is 2.25 bits per heavy atom. The number of β-amino-alcohol motifs (C(OH)–C–C–N with tert-alkyl or cyclic N) is 1. The van der Waals surface area contributed by atoms with Crippen molar-refractivity contribution >= 4 is 5.91 Å². The van der Waals surface area contributed by atoms with E-state index in [1.807, 2.05) is 37.2 Å². The van der Waals surface area contributed by atoms with Gasteiger partial charge in [0, 0.05) is 26.2 Å². The molecule has 28 heavy (non-hydrogen) atoms. The van der Waals surface area contributed by atoms with Crippen molar-refractivity contribution in [3.63, 3.8) is 0 Å². The number of aliphatic hydroxyl groups is 1. The largest absolute Gasteiger partial charge is 0.389 e. The molecule has 4 rings (SSSR count). The van der Waals surface area contributed by atoms with Gasteiger partial charge in [-0.15, -0.1) is 0 Å². The summed E-state index contributed by atoms with van der Waals surface area (Å²) in [7, 11) is 4.02. The highest BCUT2D eigenvalue weighted by atomic mass is 16.3. The Balaban J connectivity index is 1.43. The molecule has 2 heterocycles. The fraction of sp³-hybridized carbons (Fsp3) is 0.435. The van der Waals surface area contributed by atoms with E-state index in [0.717, 1.165) is 25.1 Å². The maximum absolute atomic E-state index is 12.9. The Kier molecular flexibility index (Phi) is 5.23. The lowest BCUT2D eigenvalue weighted by Gasteiger charge is -2.50. The van der Waals surface area contributed by atoms with Crippen molar-refractivity contribution < 1.29 is 9.90 Å². The first-order chi connectivity index (χ1) is 13.5. The summed E-state index contributed by atoms with van der Waals surface area (Å²) in [4.78, 5) is 19.0. The average Bonchev–Trinajstić information content (AvgIpc) is 3.10. The average molecular weight is 380 g/mol. The number of aliphatic hydroxyl groups excluding tert-OH is 1. The summed E-state index contributed by atoms with van der Waals surface area (Å²) in [6.07, 6.45) is 0.0929. The zero-order valence-electron chi connectivity index (χ0n) is 16.7. The van der Waals surface area contributed by atoms with Crippen LogP contribution in [0, 0.1) is 0 Å². The molecule has 0 aliphatic carbocycles. The van der Waals surface area contributed by atoms with Gasteiger partial charge in [-0.1, -0.05) is 54.6 Å². The number of piperidine rings is 1. The number of amides is 1. The molecule has 2 aliphatic rings. The summed E-state index contributed by atoms with van der Waals surface area (Å²) in [5, 5.41) is 11.1. The number of carbonyl (C=O) groups excluding carboxylic acids is 1. The lowest BCUT2D eigenvalue weighted by Crippen LogP contribution is -2.61. The van der Waals surface area contributed by atoms with Crippen LogP contribution in [0.1, 0.15) is 23.1 Å².